The van der Waals surface area contributed by atoms with Crippen molar-refractivity contribution in [3.05, 3.63) is 24.2 Å². The van der Waals surface area contributed by atoms with E-state index in [1.54, 1.807) is 6.26 Å². The second-order valence-corrected chi connectivity index (χ2v) is 2.99. The van der Waals surface area contributed by atoms with Gasteiger partial charge in [-0.1, -0.05) is 0 Å². The Morgan fingerprint density at radius 3 is 3.17 bits per heavy atom. The minimum Gasteiger partial charge on any atom is -0.469 e. The molecule has 1 heterocycles. The van der Waals surface area contributed by atoms with Gasteiger partial charge >= 0.3 is 5.97 Å². The summed E-state index contributed by atoms with van der Waals surface area (Å²) in [5, 5.41) is 0. The van der Waals surface area contributed by atoms with Crippen molar-refractivity contribution in [2.75, 3.05) is 7.11 Å². The van der Waals surface area contributed by atoms with E-state index in [9.17, 15) is 4.79 Å². The Balaban J connectivity index is 2.01. The van der Waals surface area contributed by atoms with Crippen molar-refractivity contribution in [2.24, 2.45) is 5.92 Å². The molecule has 0 N–H and O–H groups in total. The Bertz CT molecular complexity index is 276. The number of furan rings is 1. The summed E-state index contributed by atoms with van der Waals surface area (Å²) in [6.07, 6.45) is 2.49. The predicted molar refractivity (Wildman–Crippen MR) is 41.6 cm³/mol. The van der Waals surface area contributed by atoms with E-state index in [1.165, 1.54) is 7.11 Å². The summed E-state index contributed by atoms with van der Waals surface area (Å²) in [6, 6.07) is 3.73. The smallest absolute Gasteiger partial charge is 0.309 e. The van der Waals surface area contributed by atoms with Gasteiger partial charge in [0.1, 0.15) is 5.76 Å². The van der Waals surface area contributed by atoms with Gasteiger partial charge in [0.25, 0.3) is 0 Å². The average molecular weight is 166 g/mol. The van der Waals surface area contributed by atoms with Gasteiger partial charge in [0.2, 0.25) is 0 Å². The molecule has 0 aromatic carbocycles. The Hall–Kier alpha value is -1.25. The van der Waals surface area contributed by atoms with E-state index in [0.717, 1.165) is 12.2 Å². The number of ether oxygens (including phenoxy) is 1. The third-order valence-electron chi connectivity index (χ3n) is 2.20. The van der Waals surface area contributed by atoms with Crippen LogP contribution in [0.15, 0.2) is 22.8 Å². The molecule has 1 aliphatic rings. The third-order valence-corrected chi connectivity index (χ3v) is 2.20. The normalized spacial score (nSPS) is 26.8. The standard InChI is InChI=1S/C9H10O3/c1-11-9(10)7-5-6(7)8-3-2-4-12-8/h2-4,6-7H,5H2,1H3/t6-,7-/m1/s1. The lowest BCUT2D eigenvalue weighted by molar-refractivity contribution is -0.142. The van der Waals surface area contributed by atoms with Crippen molar-refractivity contribution in [1.29, 1.82) is 0 Å². The predicted octanol–water partition coefficient (Wildman–Crippen LogP) is 1.56. The fourth-order valence-electron chi connectivity index (χ4n) is 1.42. The van der Waals surface area contributed by atoms with Gasteiger partial charge in [0.15, 0.2) is 0 Å². The fourth-order valence-corrected chi connectivity index (χ4v) is 1.42. The molecule has 0 spiro atoms. The van der Waals surface area contributed by atoms with Crippen LogP contribution in [0.2, 0.25) is 0 Å². The van der Waals surface area contributed by atoms with Crippen LogP contribution in [0.4, 0.5) is 0 Å². The number of methoxy groups -OCH3 is 1. The summed E-state index contributed by atoms with van der Waals surface area (Å²) >= 11 is 0. The van der Waals surface area contributed by atoms with Crippen LogP contribution in [0.3, 0.4) is 0 Å². The maximum atomic E-state index is 11.0. The minimum atomic E-state index is -0.128. The molecule has 1 aliphatic carbocycles. The number of esters is 1. The molecule has 2 atom stereocenters. The van der Waals surface area contributed by atoms with Gasteiger partial charge in [-0.2, -0.15) is 0 Å². The Kier molecular flexibility index (Phi) is 1.64. The summed E-state index contributed by atoms with van der Waals surface area (Å²) in [5.41, 5.74) is 0. The van der Waals surface area contributed by atoms with Crippen LogP contribution in [0.5, 0.6) is 0 Å². The van der Waals surface area contributed by atoms with Crippen molar-refractivity contribution in [1.82, 2.24) is 0 Å². The highest BCUT2D eigenvalue weighted by Gasteiger charge is 2.46. The van der Waals surface area contributed by atoms with Crippen molar-refractivity contribution in [2.45, 2.75) is 12.3 Å². The van der Waals surface area contributed by atoms with Crippen LogP contribution >= 0.6 is 0 Å². The lowest BCUT2D eigenvalue weighted by Crippen LogP contribution is -2.03. The van der Waals surface area contributed by atoms with Gasteiger partial charge < -0.3 is 9.15 Å². The lowest BCUT2D eigenvalue weighted by atomic mass is 10.2. The first-order chi connectivity index (χ1) is 5.83. The van der Waals surface area contributed by atoms with Crippen LogP contribution in [0, 0.1) is 5.92 Å². The highest BCUT2D eigenvalue weighted by atomic mass is 16.5. The highest BCUT2D eigenvalue weighted by molar-refractivity contribution is 5.76. The largest absolute Gasteiger partial charge is 0.469 e. The minimum absolute atomic E-state index is 0.0288. The average Bonchev–Trinajstić information content (AvgIpc) is 2.71. The van der Waals surface area contributed by atoms with Gasteiger partial charge in [-0.25, -0.2) is 0 Å². The van der Waals surface area contributed by atoms with Crippen LogP contribution < -0.4 is 0 Å². The zero-order valence-electron chi connectivity index (χ0n) is 6.82. The van der Waals surface area contributed by atoms with Gasteiger partial charge in [-0.15, -0.1) is 0 Å². The summed E-state index contributed by atoms with van der Waals surface area (Å²) in [6.45, 7) is 0. The molecule has 64 valence electrons. The van der Waals surface area contributed by atoms with Gasteiger partial charge in [0.05, 0.1) is 19.3 Å². The lowest BCUT2D eigenvalue weighted by Gasteiger charge is -1.94. The van der Waals surface area contributed by atoms with E-state index in [-0.39, 0.29) is 17.8 Å². The maximum Gasteiger partial charge on any atom is 0.309 e. The van der Waals surface area contributed by atoms with Crippen LogP contribution in [-0.2, 0) is 9.53 Å². The molecule has 0 bridgehead atoms. The van der Waals surface area contributed by atoms with E-state index in [1.807, 2.05) is 12.1 Å². The summed E-state index contributed by atoms with van der Waals surface area (Å²) < 4.78 is 9.80. The number of carbonyl (C=O) groups is 1. The number of hydrogen-bond donors (Lipinski definition) is 0. The Labute approximate surface area is 70.3 Å². The van der Waals surface area contributed by atoms with Crippen molar-refractivity contribution in [3.63, 3.8) is 0 Å². The van der Waals surface area contributed by atoms with Crippen molar-refractivity contribution < 1.29 is 13.9 Å². The molecule has 0 unspecified atom stereocenters. The summed E-state index contributed by atoms with van der Waals surface area (Å²) in [5.74, 6) is 1.05. The molecular formula is C9H10O3. The molecule has 3 nitrogen and oxygen atoms in total. The van der Waals surface area contributed by atoms with Gasteiger partial charge in [0, 0.05) is 5.92 Å². The number of hydrogen-bond acceptors (Lipinski definition) is 3. The van der Waals surface area contributed by atoms with E-state index >= 15 is 0 Å². The van der Waals surface area contributed by atoms with Crippen LogP contribution in [-0.4, -0.2) is 13.1 Å². The summed E-state index contributed by atoms with van der Waals surface area (Å²) in [4.78, 5) is 11.0. The second-order valence-electron chi connectivity index (χ2n) is 2.99. The molecule has 1 aromatic heterocycles. The molecule has 3 heteroatoms. The molecule has 1 fully saturated rings. The SMILES string of the molecule is COC(=O)[C@@H]1C[C@H]1c1ccco1. The first-order valence-electron chi connectivity index (χ1n) is 3.94. The second kappa shape index (κ2) is 2.66. The molecule has 12 heavy (non-hydrogen) atoms. The molecule has 0 aliphatic heterocycles. The first kappa shape index (κ1) is 7.40. The zero-order chi connectivity index (χ0) is 8.55. The highest BCUT2D eigenvalue weighted by Crippen LogP contribution is 2.48. The topological polar surface area (TPSA) is 39.4 Å². The molecule has 2 rings (SSSR count). The van der Waals surface area contributed by atoms with E-state index in [4.69, 9.17) is 4.42 Å². The first-order valence-corrected chi connectivity index (χ1v) is 3.94. The van der Waals surface area contributed by atoms with Gasteiger partial charge in [-0.3, -0.25) is 4.79 Å². The maximum absolute atomic E-state index is 11.0. The summed E-state index contributed by atoms with van der Waals surface area (Å²) in [7, 11) is 1.42. The zero-order valence-corrected chi connectivity index (χ0v) is 6.82. The van der Waals surface area contributed by atoms with Crippen molar-refractivity contribution >= 4 is 5.97 Å². The molecular weight excluding hydrogens is 156 g/mol. The van der Waals surface area contributed by atoms with E-state index in [2.05, 4.69) is 4.74 Å². The molecule has 0 saturated heterocycles. The fraction of sp³-hybridized carbons (Fsp3) is 0.444. The molecule has 0 amide bonds. The molecule has 1 aromatic rings. The van der Waals surface area contributed by atoms with E-state index in [0.29, 0.717) is 0 Å². The molecule has 1 saturated carbocycles. The number of carbonyl (C=O) groups excluding carboxylic acids is 1. The van der Waals surface area contributed by atoms with E-state index < -0.39 is 0 Å². The van der Waals surface area contributed by atoms with Gasteiger partial charge in [-0.05, 0) is 18.6 Å². The quantitative estimate of drug-likeness (QED) is 0.626. The molecule has 0 radical (unpaired) electrons. The van der Waals surface area contributed by atoms with Crippen LogP contribution in [0.25, 0.3) is 0 Å². The van der Waals surface area contributed by atoms with Crippen molar-refractivity contribution in [3.8, 4) is 0 Å². The monoisotopic (exact) mass is 166 g/mol. The third kappa shape index (κ3) is 1.11. The number of rotatable bonds is 2. The Morgan fingerprint density at radius 1 is 1.75 bits per heavy atom. The van der Waals surface area contributed by atoms with Crippen LogP contribution in [0.1, 0.15) is 18.1 Å². The Morgan fingerprint density at radius 2 is 2.58 bits per heavy atom.